The number of nitrogens with two attached hydrogens (primary N) is 2. The molecule has 0 radical (unpaired) electrons. The molecule has 0 heterocycles. The maximum atomic E-state index is 9.99. The van der Waals surface area contributed by atoms with Crippen LogP contribution < -0.4 is 11.5 Å². The monoisotopic (exact) mass is 224 g/mol. The first-order valence-electron chi connectivity index (χ1n) is 2.30. The Hall–Kier alpha value is -0.291. The standard InChI is InChI=1S/C4H8N2O3.ClH.Fe/c5-2(4(8)9)1-3(6)7;;/h2H,1,5H2,(H2,6,7)(H,8,9);1H;. The fraction of sp³-hybridized carbons (Fsp3) is 0.500. The van der Waals surface area contributed by atoms with Gasteiger partial charge in [0.25, 0.3) is 0 Å². The van der Waals surface area contributed by atoms with Crippen molar-refractivity contribution in [3.8, 4) is 0 Å². The first-order valence-corrected chi connectivity index (χ1v) is 2.30. The third kappa shape index (κ3) is 9.71. The van der Waals surface area contributed by atoms with Crippen molar-refractivity contribution in [3.05, 3.63) is 0 Å². The van der Waals surface area contributed by atoms with Gasteiger partial charge in [-0.3, -0.25) is 9.59 Å². The average molecular weight is 224 g/mol. The van der Waals surface area contributed by atoms with Crippen LogP contribution in [0.4, 0.5) is 0 Å². The van der Waals surface area contributed by atoms with Crippen molar-refractivity contribution in [2.75, 3.05) is 0 Å². The van der Waals surface area contributed by atoms with Crippen LogP contribution in [0, 0.1) is 0 Å². The number of hydrogen-bond donors (Lipinski definition) is 3. The summed E-state index contributed by atoms with van der Waals surface area (Å²) in [6, 6.07) is -1.16. The Labute approximate surface area is 80.4 Å². The molecule has 0 saturated carbocycles. The van der Waals surface area contributed by atoms with E-state index in [2.05, 4.69) is 5.73 Å². The SMILES string of the molecule is Cl.NC(=O)CC(N)C(=O)O.[Fe]. The van der Waals surface area contributed by atoms with Gasteiger partial charge in [-0.05, 0) is 0 Å². The van der Waals surface area contributed by atoms with Gasteiger partial charge in [-0.2, -0.15) is 0 Å². The predicted octanol–water partition coefficient (Wildman–Crippen LogP) is -1.31. The minimum absolute atomic E-state index is 0. The van der Waals surface area contributed by atoms with Gasteiger partial charge in [0.1, 0.15) is 6.04 Å². The molecule has 7 heteroatoms. The average Bonchev–Trinajstić information content (AvgIpc) is 1.63. The van der Waals surface area contributed by atoms with E-state index >= 15 is 0 Å². The van der Waals surface area contributed by atoms with Gasteiger partial charge in [0, 0.05) is 17.1 Å². The minimum Gasteiger partial charge on any atom is -0.480 e. The summed E-state index contributed by atoms with van der Waals surface area (Å²) in [5, 5.41) is 8.10. The summed E-state index contributed by atoms with van der Waals surface area (Å²) in [4.78, 5) is 19.9. The molecule has 0 saturated heterocycles. The molecule has 0 aromatic rings. The van der Waals surface area contributed by atoms with Crippen LogP contribution in [0.3, 0.4) is 0 Å². The van der Waals surface area contributed by atoms with Gasteiger partial charge >= 0.3 is 5.97 Å². The molecule has 0 rings (SSSR count). The Morgan fingerprint density at radius 1 is 1.45 bits per heavy atom. The minimum atomic E-state index is -1.21. The molecular formula is C4H9ClFeN2O3. The van der Waals surface area contributed by atoms with Crippen LogP contribution in [-0.2, 0) is 26.7 Å². The van der Waals surface area contributed by atoms with Crippen LogP contribution in [0.2, 0.25) is 0 Å². The van der Waals surface area contributed by atoms with Crippen molar-refractivity contribution >= 4 is 24.3 Å². The second-order valence-corrected chi connectivity index (χ2v) is 1.62. The van der Waals surface area contributed by atoms with Gasteiger partial charge in [-0.25, -0.2) is 0 Å². The zero-order valence-corrected chi connectivity index (χ0v) is 7.39. The molecule has 0 aliphatic carbocycles. The molecule has 5 N–H and O–H groups in total. The largest absolute Gasteiger partial charge is 0.480 e. The molecule has 0 aromatic carbocycles. The van der Waals surface area contributed by atoms with Crippen molar-refractivity contribution in [1.29, 1.82) is 0 Å². The fourth-order valence-corrected chi connectivity index (χ4v) is 0.304. The molecule has 0 aromatic heterocycles. The quantitative estimate of drug-likeness (QED) is 0.518. The van der Waals surface area contributed by atoms with E-state index in [9.17, 15) is 9.59 Å². The third-order valence-corrected chi connectivity index (χ3v) is 0.738. The summed E-state index contributed by atoms with van der Waals surface area (Å²) < 4.78 is 0. The fourth-order valence-electron chi connectivity index (χ4n) is 0.304. The molecule has 5 nitrogen and oxygen atoms in total. The van der Waals surface area contributed by atoms with Crippen LogP contribution in [0.15, 0.2) is 0 Å². The second-order valence-electron chi connectivity index (χ2n) is 1.62. The van der Waals surface area contributed by atoms with Gasteiger partial charge in [0.05, 0.1) is 6.42 Å². The number of aliphatic carboxylic acids is 1. The molecule has 1 amide bonds. The van der Waals surface area contributed by atoms with Crippen LogP contribution in [-0.4, -0.2) is 23.0 Å². The Morgan fingerprint density at radius 2 is 1.82 bits per heavy atom. The molecule has 68 valence electrons. The maximum absolute atomic E-state index is 9.99. The van der Waals surface area contributed by atoms with E-state index in [1.807, 2.05) is 0 Å². The molecule has 0 fully saturated rings. The summed E-state index contributed by atoms with van der Waals surface area (Å²) in [5.74, 6) is -1.92. The number of halogens is 1. The van der Waals surface area contributed by atoms with E-state index in [1.165, 1.54) is 0 Å². The number of carboxylic acids is 1. The van der Waals surface area contributed by atoms with Crippen LogP contribution >= 0.6 is 12.4 Å². The zero-order chi connectivity index (χ0) is 7.44. The summed E-state index contributed by atoms with van der Waals surface area (Å²) in [5.41, 5.74) is 9.57. The van der Waals surface area contributed by atoms with Crippen molar-refractivity contribution in [3.63, 3.8) is 0 Å². The van der Waals surface area contributed by atoms with Crippen molar-refractivity contribution < 1.29 is 31.8 Å². The molecule has 0 bridgehead atoms. The molecule has 0 spiro atoms. The topological polar surface area (TPSA) is 106 Å². The number of carbonyl (C=O) groups is 2. The molecule has 11 heavy (non-hydrogen) atoms. The van der Waals surface area contributed by atoms with E-state index in [1.54, 1.807) is 0 Å². The van der Waals surface area contributed by atoms with Crippen molar-refractivity contribution in [2.45, 2.75) is 12.5 Å². The van der Waals surface area contributed by atoms with Crippen LogP contribution in [0.5, 0.6) is 0 Å². The first kappa shape index (κ1) is 17.0. The van der Waals surface area contributed by atoms with E-state index in [-0.39, 0.29) is 35.9 Å². The van der Waals surface area contributed by atoms with Crippen molar-refractivity contribution in [2.24, 2.45) is 11.5 Å². The van der Waals surface area contributed by atoms with E-state index < -0.39 is 17.9 Å². The molecule has 1 atom stereocenters. The summed E-state index contributed by atoms with van der Waals surface area (Å²) in [6.07, 6.45) is -0.310. The first-order chi connectivity index (χ1) is 4.04. The Balaban J connectivity index is -0.000000320. The van der Waals surface area contributed by atoms with E-state index in [0.717, 1.165) is 0 Å². The number of primary amides is 1. The molecule has 0 aliphatic heterocycles. The smallest absolute Gasteiger partial charge is 0.321 e. The number of rotatable bonds is 3. The second kappa shape index (κ2) is 7.81. The summed E-state index contributed by atoms with van der Waals surface area (Å²) in [6.45, 7) is 0. The Morgan fingerprint density at radius 3 is 1.91 bits per heavy atom. The third-order valence-electron chi connectivity index (χ3n) is 0.738. The molecular weight excluding hydrogens is 215 g/mol. The number of hydrogen-bond acceptors (Lipinski definition) is 3. The summed E-state index contributed by atoms with van der Waals surface area (Å²) in [7, 11) is 0. The Bertz CT molecular complexity index is 143. The van der Waals surface area contributed by atoms with Crippen molar-refractivity contribution in [1.82, 2.24) is 0 Å². The van der Waals surface area contributed by atoms with Gasteiger partial charge in [-0.1, -0.05) is 0 Å². The predicted molar refractivity (Wildman–Crippen MR) is 36.7 cm³/mol. The number of carboxylic acid groups (broad SMARTS) is 1. The van der Waals surface area contributed by atoms with E-state index in [0.29, 0.717) is 0 Å². The van der Waals surface area contributed by atoms with Gasteiger partial charge in [0.2, 0.25) is 5.91 Å². The van der Waals surface area contributed by atoms with Gasteiger partial charge < -0.3 is 16.6 Å². The van der Waals surface area contributed by atoms with Crippen LogP contribution in [0.25, 0.3) is 0 Å². The summed E-state index contributed by atoms with van der Waals surface area (Å²) >= 11 is 0. The maximum Gasteiger partial charge on any atom is 0.321 e. The molecule has 1 unspecified atom stereocenters. The Kier molecular flexibility index (Phi) is 12.1. The van der Waals surface area contributed by atoms with Crippen LogP contribution in [0.1, 0.15) is 6.42 Å². The number of carbonyl (C=O) groups excluding carboxylic acids is 1. The van der Waals surface area contributed by atoms with Gasteiger partial charge in [-0.15, -0.1) is 12.4 Å². The zero-order valence-electron chi connectivity index (χ0n) is 5.46. The number of amides is 1. The van der Waals surface area contributed by atoms with E-state index in [4.69, 9.17) is 10.8 Å². The normalized spacial score (nSPS) is 10.3. The van der Waals surface area contributed by atoms with Gasteiger partial charge in [0.15, 0.2) is 0 Å². The molecule has 0 aliphatic rings.